The Morgan fingerprint density at radius 1 is 0.274 bits per heavy atom. The number of rotatable bonds is 21. The van der Waals surface area contributed by atoms with Gasteiger partial charge in [0.2, 0.25) is 0 Å². The highest BCUT2D eigenvalue weighted by Crippen LogP contribution is 2.58. The number of cyclic esters (lactones) is 2. The fourth-order valence-corrected chi connectivity index (χ4v) is 20.3. The van der Waals surface area contributed by atoms with Crippen molar-refractivity contribution in [1.82, 2.24) is 0 Å². The Bertz CT molecular complexity index is 6140. The zero-order chi connectivity index (χ0) is 83.2. The molecule has 596 valence electrons. The Balaban J connectivity index is 1.00. The predicted octanol–water partition coefficient (Wildman–Crippen LogP) is 31.4. The maximum absolute atomic E-state index is 14.7. The van der Waals surface area contributed by atoms with Gasteiger partial charge < -0.3 is 33.3 Å². The van der Waals surface area contributed by atoms with Crippen LogP contribution in [0.5, 0.6) is 51.7 Å². The van der Waals surface area contributed by atoms with E-state index in [0.29, 0.717) is 67.5 Å². The van der Waals surface area contributed by atoms with Crippen molar-refractivity contribution < 1.29 is 38.0 Å². The number of methoxy groups -OCH3 is 1. The fourth-order valence-electron chi connectivity index (χ4n) is 20.3. The van der Waals surface area contributed by atoms with E-state index in [0.717, 1.165) is 113 Å². The van der Waals surface area contributed by atoms with Gasteiger partial charge in [0, 0.05) is 54.8 Å². The molecule has 0 spiro atoms. The molecule has 0 atom stereocenters. The average molecular weight is 1550 g/mol. The second-order valence-corrected chi connectivity index (χ2v) is 40.7. The molecule has 0 aromatic heterocycles. The summed E-state index contributed by atoms with van der Waals surface area (Å²) in [4.78, 5) is 31.7. The third-order valence-electron chi connectivity index (χ3n) is 23.8. The predicted molar refractivity (Wildman–Crippen MR) is 487 cm³/mol. The quantitative estimate of drug-likeness (QED) is 0.0302. The first-order valence-electron chi connectivity index (χ1n) is 41.5. The van der Waals surface area contributed by atoms with Gasteiger partial charge in [-0.1, -0.05) is 241 Å². The summed E-state index contributed by atoms with van der Waals surface area (Å²) in [5.41, 5.74) is 11.2. The van der Waals surface area contributed by atoms with E-state index in [-0.39, 0.29) is 54.4 Å². The van der Waals surface area contributed by atoms with E-state index in [4.69, 9.17) is 28.4 Å². The summed E-state index contributed by atoms with van der Waals surface area (Å²) < 4.78 is 41.3. The van der Waals surface area contributed by atoms with Crippen molar-refractivity contribution in [3.05, 3.63) is 263 Å². The summed E-state index contributed by atoms with van der Waals surface area (Å²) >= 11 is 0. The molecule has 1 heterocycles. The number of esters is 2. The summed E-state index contributed by atoms with van der Waals surface area (Å²) in [6.07, 6.45) is 3.91. The molecule has 9 nitrogen and oxygen atoms in total. The first-order valence-corrected chi connectivity index (χ1v) is 41.5. The highest BCUT2D eigenvalue weighted by Gasteiger charge is 2.38. The molecule has 0 radical (unpaired) electrons. The van der Waals surface area contributed by atoms with Crippen molar-refractivity contribution in [2.75, 3.05) is 12.0 Å². The minimum atomic E-state index is -0.753. The maximum Gasteiger partial charge on any atom is 0.346 e. The summed E-state index contributed by atoms with van der Waals surface area (Å²) in [5, 5.41) is 11.7. The van der Waals surface area contributed by atoms with Gasteiger partial charge in [-0.05, 0) is 274 Å². The SMILES string of the molecule is COc1ccc(N(c2ccc(C)cc2)c2ccc(-c3cc(Oc4ccc(C(C)(C)CC(C)(C)C)cc4)c4c5ccc6c7c(Oc8ccc(C(C)(C)CC(C)(C)C)cc8)cc8c9c(cc(Oc%10ccc(C(C)(C)CC(C)(C)C)cc%10)c(c%10ccc(c%11c(Oc%12ccc(C(C)(C)CC(C)(C)C)cc%12)ccc3c%114)c5c%106)c97)C(=O)OC8=O)cc2)cc1. The number of carbonyl (C=O) groups is 2. The van der Waals surface area contributed by atoms with Crippen LogP contribution in [0, 0.1) is 28.6 Å². The van der Waals surface area contributed by atoms with Crippen molar-refractivity contribution in [3.8, 4) is 62.9 Å². The molecule has 1 aliphatic heterocycles. The number of fused-ring (bicyclic) bond motifs is 4. The van der Waals surface area contributed by atoms with Gasteiger partial charge in [0.05, 0.1) is 18.2 Å². The van der Waals surface area contributed by atoms with Crippen LogP contribution in [0.4, 0.5) is 17.1 Å². The normalized spacial score (nSPS) is 13.5. The van der Waals surface area contributed by atoms with Gasteiger partial charge in [-0.25, -0.2) is 9.59 Å². The van der Waals surface area contributed by atoms with E-state index in [1.54, 1.807) is 19.2 Å². The smallest absolute Gasteiger partial charge is 0.346 e. The van der Waals surface area contributed by atoms with E-state index < -0.39 is 11.9 Å². The highest BCUT2D eigenvalue weighted by molar-refractivity contribution is 6.46. The van der Waals surface area contributed by atoms with E-state index in [1.165, 1.54) is 27.8 Å². The second-order valence-electron chi connectivity index (χ2n) is 40.7. The molecular weight excluding hydrogens is 1440 g/mol. The molecule has 0 saturated carbocycles. The van der Waals surface area contributed by atoms with Crippen molar-refractivity contribution in [2.45, 2.75) is 193 Å². The number of benzene rings is 15. The van der Waals surface area contributed by atoms with Crippen LogP contribution in [-0.4, -0.2) is 19.0 Å². The molecule has 117 heavy (non-hydrogen) atoms. The van der Waals surface area contributed by atoms with Gasteiger partial charge in [-0.3, -0.25) is 0 Å². The van der Waals surface area contributed by atoms with Crippen molar-refractivity contribution in [1.29, 1.82) is 0 Å². The number of aryl methyl sites for hydroxylation is 1. The lowest BCUT2D eigenvalue weighted by molar-refractivity contribution is 0.0390. The third-order valence-corrected chi connectivity index (χ3v) is 23.8. The van der Waals surface area contributed by atoms with Gasteiger partial charge in [-0.15, -0.1) is 0 Å². The lowest BCUT2D eigenvalue weighted by Crippen LogP contribution is -2.24. The van der Waals surface area contributed by atoms with Crippen LogP contribution in [0.15, 0.2) is 224 Å². The van der Waals surface area contributed by atoms with Crippen LogP contribution >= 0.6 is 0 Å². The summed E-state index contributed by atoms with van der Waals surface area (Å²) in [6, 6.07) is 78.9. The average Bonchev–Trinajstić information content (AvgIpc) is 0.674. The molecule has 1 aliphatic rings. The van der Waals surface area contributed by atoms with E-state index in [2.05, 4.69) is 326 Å². The Kier molecular flexibility index (Phi) is 19.5. The molecule has 0 unspecified atom stereocenters. The summed E-state index contributed by atoms with van der Waals surface area (Å²) in [7, 11) is 1.70. The first kappa shape index (κ1) is 79.4. The molecule has 0 saturated heterocycles. The number of ether oxygens (including phenoxy) is 6. The van der Waals surface area contributed by atoms with Gasteiger partial charge in [0.25, 0.3) is 0 Å². The molecule has 0 bridgehead atoms. The van der Waals surface area contributed by atoms with Crippen molar-refractivity contribution in [3.63, 3.8) is 0 Å². The molecule has 16 rings (SSSR count). The second kappa shape index (κ2) is 28.7. The van der Waals surface area contributed by atoms with Gasteiger partial charge in [0.1, 0.15) is 51.7 Å². The number of hydrogen-bond acceptors (Lipinski definition) is 9. The lowest BCUT2D eigenvalue weighted by Gasteiger charge is -2.33. The van der Waals surface area contributed by atoms with Crippen LogP contribution in [-0.2, 0) is 26.4 Å². The van der Waals surface area contributed by atoms with Gasteiger partial charge in [-0.2, -0.15) is 0 Å². The molecular formula is C108H111NO8. The fraction of sp³-hybridized carbons (Fsp3) is 0.315. The molecule has 0 amide bonds. The minimum Gasteiger partial charge on any atom is -0.497 e. The topological polar surface area (TPSA) is 92.8 Å². The van der Waals surface area contributed by atoms with E-state index in [9.17, 15) is 9.59 Å². The zero-order valence-electron chi connectivity index (χ0n) is 72.4. The highest BCUT2D eigenvalue weighted by atomic mass is 16.6. The van der Waals surface area contributed by atoms with Gasteiger partial charge in [0.15, 0.2) is 0 Å². The molecule has 0 N–H and O–H groups in total. The minimum absolute atomic E-state index is 0.0811. The summed E-state index contributed by atoms with van der Waals surface area (Å²) in [6.45, 7) is 48.1. The molecule has 15 aromatic rings. The standard InChI is InChI=1S/C108H111NO8/c1-64-23-35-70(36-24-64)109(72-39-49-73(112-22)50-40-72)71-37-25-65(26-38-71)83-57-87(114-75-43-29-67(30-44-75)106(16,17)61-102(5,6)7)94-80-52-54-82-91-81(53-51-79(90(80)91)93-86(56-55-78(83)97(93)94)113-74-41-27-66(28-42-74)105(14,15)60-101(2,3)4)95-88(115-76-45-31-68(32-46-76)107(18,19)62-103(8,9)10)58-84-92-85(100(111)117-99(84)110)59-89(96(82)98(92)95)116-77-47-33-69(34-48-77)108(20,21)63-104(11,12)13/h23-59H,60-63H2,1-22H3. The van der Waals surface area contributed by atoms with Crippen LogP contribution in [0.2, 0.25) is 0 Å². The maximum atomic E-state index is 14.7. The van der Waals surface area contributed by atoms with Crippen molar-refractivity contribution in [2.24, 2.45) is 21.7 Å². The number of hydrogen-bond donors (Lipinski definition) is 0. The van der Waals surface area contributed by atoms with E-state index in [1.807, 2.05) is 36.4 Å². The Hall–Kier alpha value is -11.4. The van der Waals surface area contributed by atoms with Gasteiger partial charge >= 0.3 is 11.9 Å². The zero-order valence-corrected chi connectivity index (χ0v) is 72.4. The van der Waals surface area contributed by atoms with Crippen LogP contribution in [0.1, 0.15) is 213 Å². The largest absolute Gasteiger partial charge is 0.497 e. The third kappa shape index (κ3) is 15.4. The Morgan fingerprint density at radius 3 is 0.889 bits per heavy atom. The lowest BCUT2D eigenvalue weighted by atomic mass is 9.72. The monoisotopic (exact) mass is 1550 g/mol. The van der Waals surface area contributed by atoms with E-state index >= 15 is 0 Å². The Morgan fingerprint density at radius 2 is 0.556 bits per heavy atom. The van der Waals surface area contributed by atoms with Crippen molar-refractivity contribution >= 4 is 104 Å². The molecule has 9 heteroatoms. The van der Waals surface area contributed by atoms with Crippen LogP contribution < -0.4 is 28.6 Å². The number of nitrogens with zero attached hydrogens (tertiary/aromatic N) is 1. The molecule has 0 fully saturated rings. The van der Waals surface area contributed by atoms with Crippen LogP contribution in [0.25, 0.3) is 86.5 Å². The number of anilines is 3. The van der Waals surface area contributed by atoms with Crippen LogP contribution in [0.3, 0.4) is 0 Å². The summed E-state index contributed by atoms with van der Waals surface area (Å²) in [5.74, 6) is 3.98. The first-order chi connectivity index (χ1) is 55.1. The molecule has 0 aliphatic carbocycles. The Labute approximate surface area is 690 Å². The molecule has 15 aromatic carbocycles. The number of carbonyl (C=O) groups excluding carboxylic acids is 2.